The van der Waals surface area contributed by atoms with Crippen LogP contribution in [0.25, 0.3) is 97.0 Å². The highest BCUT2D eigenvalue weighted by atomic mass is 14.9. The molecule has 0 atom stereocenters. The fourth-order valence-corrected chi connectivity index (χ4v) is 12.6. The van der Waals surface area contributed by atoms with Crippen LogP contribution in [0.3, 0.4) is 0 Å². The lowest BCUT2D eigenvalue weighted by atomic mass is 9.87. The molecule has 12 rings (SSSR count). The molecule has 0 unspecified atom stereocenters. The van der Waals surface area contributed by atoms with Crippen LogP contribution in [0.15, 0.2) is 146 Å². The zero-order chi connectivity index (χ0) is 47.9. The molecule has 12 aromatic rings. The first-order valence-electron chi connectivity index (χ1n) is 25.0. The number of hydrogen-bond acceptors (Lipinski definition) is 4. The van der Waals surface area contributed by atoms with Gasteiger partial charge in [0.05, 0.1) is 0 Å². The number of nitrogens with two attached hydrogens (primary N) is 2. The minimum absolute atomic E-state index is 0.506. The van der Waals surface area contributed by atoms with Gasteiger partial charge >= 0.3 is 0 Å². The Morgan fingerprint density at radius 1 is 0.271 bits per heavy atom. The Balaban J connectivity index is 0.931. The molecule has 0 amide bonds. The smallest absolute Gasteiger partial charge is 0.0215 e. The molecule has 0 aliphatic heterocycles. The van der Waals surface area contributed by atoms with E-state index in [0.29, 0.717) is 13.1 Å². The van der Waals surface area contributed by atoms with Crippen molar-refractivity contribution in [1.82, 2.24) is 10.6 Å². The Labute approximate surface area is 410 Å². The van der Waals surface area contributed by atoms with Gasteiger partial charge in [-0.2, -0.15) is 0 Å². The summed E-state index contributed by atoms with van der Waals surface area (Å²) in [6, 6.07) is 54.8. The van der Waals surface area contributed by atoms with Crippen molar-refractivity contribution in [1.29, 1.82) is 0 Å². The van der Waals surface area contributed by atoms with E-state index in [1.54, 1.807) is 0 Å². The SMILES string of the molecule is Cc1cccc2c(CN)cc3cc(CNCc4cc5cc(CNCc6cc7cc(CN)c8cccc(C)c8c7c7c(C)cccc67)c6cccc(C)c6c5c5c(C)cccc45)c4cccc(C)c4c3c12. The van der Waals surface area contributed by atoms with Crippen LogP contribution in [0, 0.1) is 41.5 Å². The Morgan fingerprint density at radius 2 is 0.471 bits per heavy atom. The topological polar surface area (TPSA) is 76.1 Å². The first-order valence-corrected chi connectivity index (χ1v) is 25.0. The number of nitrogens with one attached hydrogen (secondary N) is 2. The van der Waals surface area contributed by atoms with Crippen molar-refractivity contribution in [3.8, 4) is 0 Å². The third-order valence-electron chi connectivity index (χ3n) is 15.8. The molecule has 12 aromatic carbocycles. The van der Waals surface area contributed by atoms with E-state index < -0.39 is 0 Å². The van der Waals surface area contributed by atoms with Gasteiger partial charge in [0.1, 0.15) is 0 Å². The molecule has 0 fully saturated rings. The molecular formula is C66H60N4. The maximum atomic E-state index is 6.42. The average molecular weight is 909 g/mol. The lowest BCUT2D eigenvalue weighted by Gasteiger charge is -2.20. The molecular weight excluding hydrogens is 849 g/mol. The fraction of sp³-hybridized carbons (Fsp3) is 0.182. The van der Waals surface area contributed by atoms with Crippen LogP contribution in [0.1, 0.15) is 66.8 Å². The summed E-state index contributed by atoms with van der Waals surface area (Å²) in [4.78, 5) is 0. The van der Waals surface area contributed by atoms with Gasteiger partial charge in [-0.15, -0.1) is 0 Å². The Hall–Kier alpha value is -7.18. The molecule has 0 aliphatic carbocycles. The summed E-state index contributed by atoms with van der Waals surface area (Å²) in [5, 5.41) is 31.5. The first-order chi connectivity index (χ1) is 34.1. The summed E-state index contributed by atoms with van der Waals surface area (Å²) < 4.78 is 0. The minimum atomic E-state index is 0.506. The van der Waals surface area contributed by atoms with E-state index in [-0.39, 0.29) is 0 Å². The molecule has 0 radical (unpaired) electrons. The predicted molar refractivity (Wildman–Crippen MR) is 302 cm³/mol. The Bertz CT molecular complexity index is 3900. The molecule has 6 N–H and O–H groups in total. The summed E-state index contributed by atoms with van der Waals surface area (Å²) in [5.41, 5.74) is 28.2. The van der Waals surface area contributed by atoms with Crippen LogP contribution in [0.5, 0.6) is 0 Å². The van der Waals surface area contributed by atoms with Gasteiger partial charge in [0.2, 0.25) is 0 Å². The van der Waals surface area contributed by atoms with Crippen molar-refractivity contribution in [2.24, 2.45) is 11.5 Å². The molecule has 4 heteroatoms. The summed E-state index contributed by atoms with van der Waals surface area (Å²) in [5.74, 6) is 0. The molecule has 0 saturated heterocycles. The van der Waals surface area contributed by atoms with E-state index >= 15 is 0 Å². The van der Waals surface area contributed by atoms with Crippen LogP contribution < -0.4 is 22.1 Å². The van der Waals surface area contributed by atoms with Crippen LogP contribution in [-0.2, 0) is 39.3 Å². The summed E-state index contributed by atoms with van der Waals surface area (Å²) in [7, 11) is 0. The highest BCUT2D eigenvalue weighted by Gasteiger charge is 2.20. The average Bonchev–Trinajstić information content (AvgIpc) is 3.36. The monoisotopic (exact) mass is 908 g/mol. The summed E-state index contributed by atoms with van der Waals surface area (Å²) in [6.07, 6.45) is 0. The zero-order valence-corrected chi connectivity index (χ0v) is 41.3. The van der Waals surface area contributed by atoms with E-state index in [4.69, 9.17) is 11.5 Å². The van der Waals surface area contributed by atoms with Crippen LogP contribution in [-0.4, -0.2) is 0 Å². The molecule has 70 heavy (non-hydrogen) atoms. The molecule has 0 bridgehead atoms. The van der Waals surface area contributed by atoms with Gasteiger partial charge < -0.3 is 22.1 Å². The van der Waals surface area contributed by atoms with E-state index in [1.165, 1.54) is 164 Å². The van der Waals surface area contributed by atoms with Crippen LogP contribution in [0.4, 0.5) is 0 Å². The van der Waals surface area contributed by atoms with E-state index in [2.05, 4.69) is 198 Å². The molecule has 0 aromatic heterocycles. The van der Waals surface area contributed by atoms with Crippen molar-refractivity contribution in [3.05, 3.63) is 212 Å². The van der Waals surface area contributed by atoms with Gasteiger partial charge in [-0.25, -0.2) is 0 Å². The van der Waals surface area contributed by atoms with Crippen LogP contribution in [0.2, 0.25) is 0 Å². The third-order valence-corrected chi connectivity index (χ3v) is 15.8. The van der Waals surface area contributed by atoms with Gasteiger partial charge in [-0.3, -0.25) is 0 Å². The molecule has 0 aliphatic rings. The quantitative estimate of drug-likeness (QED) is 0.103. The molecule has 4 nitrogen and oxygen atoms in total. The largest absolute Gasteiger partial charge is 0.326 e. The number of hydrogen-bond donors (Lipinski definition) is 4. The molecule has 0 heterocycles. The molecule has 0 spiro atoms. The van der Waals surface area contributed by atoms with Gasteiger partial charge in [0.15, 0.2) is 0 Å². The van der Waals surface area contributed by atoms with Crippen molar-refractivity contribution in [2.75, 3.05) is 0 Å². The Kier molecular flexibility index (Phi) is 10.9. The maximum Gasteiger partial charge on any atom is 0.0215 e. The number of rotatable bonds is 10. The number of fused-ring (bicyclic) bond motifs is 15. The molecule has 344 valence electrons. The standard InChI is InChI=1S/C66H60N4/c1-37-13-7-19-52-46(31-67)25-43-27-48(54-21-9-15-39(3)60(54)64(43)58(37)52)33-69-35-50-29-45-30-51(57-24-12-18-42(6)63(57)66(45)62-41(5)17-11-23-56(50)62)36-70-34-49-28-44-26-47(32-68)53-20-8-14-38(2)59(53)65(44)61-40(4)16-10-22-55(49)61/h7-30,69-70H,31-36,67-68H2,1-6H3. The van der Waals surface area contributed by atoms with Crippen LogP contribution >= 0.6 is 0 Å². The number of aryl methyl sites for hydroxylation is 6. The van der Waals surface area contributed by atoms with Gasteiger partial charge in [-0.05, 0) is 242 Å². The van der Waals surface area contributed by atoms with Crippen molar-refractivity contribution in [2.45, 2.75) is 80.8 Å². The second-order valence-corrected chi connectivity index (χ2v) is 20.1. The van der Waals surface area contributed by atoms with Crippen molar-refractivity contribution in [3.63, 3.8) is 0 Å². The lowest BCUT2D eigenvalue weighted by molar-refractivity contribution is 0.699. The third kappa shape index (κ3) is 6.96. The number of benzene rings is 12. The van der Waals surface area contributed by atoms with E-state index in [0.717, 1.165) is 26.2 Å². The van der Waals surface area contributed by atoms with Crippen molar-refractivity contribution < 1.29 is 0 Å². The highest BCUT2D eigenvalue weighted by Crippen LogP contribution is 2.43. The molecule has 0 saturated carbocycles. The van der Waals surface area contributed by atoms with Gasteiger partial charge in [-0.1, -0.05) is 109 Å². The van der Waals surface area contributed by atoms with E-state index in [1.807, 2.05) is 0 Å². The first kappa shape index (κ1) is 44.1. The van der Waals surface area contributed by atoms with E-state index in [9.17, 15) is 0 Å². The second kappa shape index (κ2) is 17.3. The highest BCUT2D eigenvalue weighted by molar-refractivity contribution is 6.26. The zero-order valence-electron chi connectivity index (χ0n) is 41.3. The fourth-order valence-electron chi connectivity index (χ4n) is 12.6. The second-order valence-electron chi connectivity index (χ2n) is 20.1. The van der Waals surface area contributed by atoms with Gasteiger partial charge in [0.25, 0.3) is 0 Å². The van der Waals surface area contributed by atoms with Gasteiger partial charge in [0, 0.05) is 39.3 Å². The minimum Gasteiger partial charge on any atom is -0.326 e. The summed E-state index contributed by atoms with van der Waals surface area (Å²) in [6.45, 7) is 17.5. The Morgan fingerprint density at radius 3 is 0.686 bits per heavy atom. The normalized spacial score (nSPS) is 12.2. The predicted octanol–water partition coefficient (Wildman–Crippen LogP) is 15.4. The lowest BCUT2D eigenvalue weighted by Crippen LogP contribution is -2.14. The van der Waals surface area contributed by atoms with Crippen molar-refractivity contribution >= 4 is 97.0 Å². The maximum absolute atomic E-state index is 6.42. The summed E-state index contributed by atoms with van der Waals surface area (Å²) >= 11 is 0.